The lowest BCUT2D eigenvalue weighted by Gasteiger charge is -2.29. The molecule has 0 aliphatic carbocycles. The molecule has 16 heavy (non-hydrogen) atoms. The largest absolute Gasteiger partial charge is 0.441 e. The summed E-state index contributed by atoms with van der Waals surface area (Å²) >= 11 is 12.0. The molecule has 1 amide bonds. The van der Waals surface area contributed by atoms with Crippen molar-refractivity contribution in [2.75, 3.05) is 13.6 Å². The Bertz CT molecular complexity index is 422. The third-order valence-corrected chi connectivity index (χ3v) is 3.44. The first-order valence-corrected chi connectivity index (χ1v) is 5.71. The Kier molecular flexibility index (Phi) is 3.26. The number of carbonyl (C=O) groups excluding carboxylic acids is 1. The molecule has 1 aromatic rings. The van der Waals surface area contributed by atoms with E-state index >= 15 is 0 Å². The molecule has 0 bridgehead atoms. The van der Waals surface area contributed by atoms with Crippen LogP contribution in [0.1, 0.15) is 18.1 Å². The molecule has 0 saturated carbocycles. The van der Waals surface area contributed by atoms with Crippen LogP contribution in [0.5, 0.6) is 0 Å². The second-order valence-electron chi connectivity index (χ2n) is 3.73. The van der Waals surface area contributed by atoms with Gasteiger partial charge in [0.25, 0.3) is 0 Å². The summed E-state index contributed by atoms with van der Waals surface area (Å²) in [6.07, 6.45) is 0.102. The third-order valence-electron chi connectivity index (χ3n) is 2.61. The first-order valence-electron chi connectivity index (χ1n) is 4.95. The molecule has 1 aliphatic rings. The number of benzene rings is 1. The van der Waals surface area contributed by atoms with Crippen LogP contribution in [0, 0.1) is 0 Å². The molecule has 1 aromatic carbocycles. The number of hydrogen-bond donors (Lipinski definition) is 0. The van der Waals surface area contributed by atoms with E-state index in [2.05, 4.69) is 0 Å². The van der Waals surface area contributed by atoms with Crippen LogP contribution in [0.3, 0.4) is 0 Å². The average molecular weight is 260 g/mol. The van der Waals surface area contributed by atoms with Crippen molar-refractivity contribution in [3.8, 4) is 0 Å². The lowest BCUT2D eigenvalue weighted by Crippen LogP contribution is -2.35. The first-order chi connectivity index (χ1) is 7.59. The highest BCUT2D eigenvalue weighted by molar-refractivity contribution is 6.42. The maximum absolute atomic E-state index is 11.4. The summed E-state index contributed by atoms with van der Waals surface area (Å²) in [5, 5.41) is 0.945. The molecule has 5 heteroatoms. The number of rotatable bonds is 1. The van der Waals surface area contributed by atoms with Crippen molar-refractivity contribution in [3.05, 3.63) is 33.8 Å². The van der Waals surface area contributed by atoms with Gasteiger partial charge in [-0.3, -0.25) is 0 Å². The van der Waals surface area contributed by atoms with Crippen LogP contribution in [-0.2, 0) is 4.74 Å². The van der Waals surface area contributed by atoms with Crippen LogP contribution in [0.2, 0.25) is 10.0 Å². The van der Waals surface area contributed by atoms with Crippen molar-refractivity contribution in [1.29, 1.82) is 0 Å². The quantitative estimate of drug-likeness (QED) is 0.773. The molecular weight excluding hydrogens is 249 g/mol. The van der Waals surface area contributed by atoms with Crippen LogP contribution in [-0.4, -0.2) is 24.6 Å². The van der Waals surface area contributed by atoms with Gasteiger partial charge in [-0.25, -0.2) is 4.79 Å². The maximum Gasteiger partial charge on any atom is 0.410 e. The number of cyclic esters (lactones) is 1. The normalized spacial score (nSPS) is 20.8. The average Bonchev–Trinajstić information content (AvgIpc) is 2.26. The van der Waals surface area contributed by atoms with Gasteiger partial charge in [-0.05, 0) is 6.07 Å². The van der Waals surface area contributed by atoms with Gasteiger partial charge in [-0.15, -0.1) is 0 Å². The summed E-state index contributed by atoms with van der Waals surface area (Å²) in [5.74, 6) is 0. The monoisotopic (exact) mass is 259 g/mol. The number of amides is 1. The van der Waals surface area contributed by atoms with E-state index in [0.29, 0.717) is 16.6 Å². The van der Waals surface area contributed by atoms with Gasteiger partial charge >= 0.3 is 6.09 Å². The molecule has 1 atom stereocenters. The van der Waals surface area contributed by atoms with E-state index in [9.17, 15) is 4.79 Å². The lowest BCUT2D eigenvalue weighted by atomic mass is 10.1. The van der Waals surface area contributed by atoms with Gasteiger partial charge in [0.2, 0.25) is 0 Å². The summed E-state index contributed by atoms with van der Waals surface area (Å²) < 4.78 is 5.26. The fraction of sp³-hybridized carbons (Fsp3) is 0.364. The van der Waals surface area contributed by atoms with Crippen molar-refractivity contribution in [2.24, 2.45) is 0 Å². The van der Waals surface area contributed by atoms with E-state index in [1.54, 1.807) is 19.2 Å². The van der Waals surface area contributed by atoms with Gasteiger partial charge in [0.05, 0.1) is 10.0 Å². The Morgan fingerprint density at radius 2 is 2.19 bits per heavy atom. The molecule has 1 heterocycles. The van der Waals surface area contributed by atoms with Gasteiger partial charge in [0.15, 0.2) is 0 Å². The number of hydrogen-bond acceptors (Lipinski definition) is 2. The summed E-state index contributed by atoms with van der Waals surface area (Å²) in [6, 6.07) is 5.34. The molecule has 1 fully saturated rings. The highest BCUT2D eigenvalue weighted by Crippen LogP contribution is 2.35. The van der Waals surface area contributed by atoms with Gasteiger partial charge in [-0.2, -0.15) is 0 Å². The summed E-state index contributed by atoms with van der Waals surface area (Å²) in [5.41, 5.74) is 0.774. The van der Waals surface area contributed by atoms with Crippen molar-refractivity contribution in [1.82, 2.24) is 4.90 Å². The minimum Gasteiger partial charge on any atom is -0.441 e. The van der Waals surface area contributed by atoms with E-state index in [1.807, 2.05) is 6.07 Å². The fourth-order valence-corrected chi connectivity index (χ4v) is 2.09. The van der Waals surface area contributed by atoms with E-state index in [0.717, 1.165) is 12.0 Å². The number of ether oxygens (including phenoxy) is 1. The molecule has 3 nitrogen and oxygen atoms in total. The SMILES string of the molecule is CN1CC[C@@H](c2cccc(Cl)c2Cl)OC1=O. The zero-order chi connectivity index (χ0) is 11.7. The highest BCUT2D eigenvalue weighted by Gasteiger charge is 2.27. The van der Waals surface area contributed by atoms with Crippen LogP contribution < -0.4 is 0 Å². The zero-order valence-corrected chi connectivity index (χ0v) is 10.3. The van der Waals surface area contributed by atoms with Crippen LogP contribution >= 0.6 is 23.2 Å². The zero-order valence-electron chi connectivity index (χ0n) is 8.74. The summed E-state index contributed by atoms with van der Waals surface area (Å²) in [4.78, 5) is 12.9. The Hall–Kier alpha value is -0.930. The standard InChI is InChI=1S/C11H11Cl2NO2/c1-14-6-5-9(16-11(14)15)7-3-2-4-8(12)10(7)13/h2-4,9H,5-6H2,1H3/t9-/m0/s1. The first kappa shape index (κ1) is 11.6. The van der Waals surface area contributed by atoms with Gasteiger partial charge in [0, 0.05) is 25.6 Å². The van der Waals surface area contributed by atoms with Crippen LogP contribution in [0.15, 0.2) is 18.2 Å². The molecular formula is C11H11Cl2NO2. The van der Waals surface area contributed by atoms with Gasteiger partial charge in [-0.1, -0.05) is 35.3 Å². The van der Waals surface area contributed by atoms with Gasteiger partial charge in [0.1, 0.15) is 6.10 Å². The van der Waals surface area contributed by atoms with E-state index < -0.39 is 0 Å². The minimum absolute atomic E-state index is 0.296. The number of halogens is 2. The summed E-state index contributed by atoms with van der Waals surface area (Å²) in [6.45, 7) is 0.659. The molecule has 1 saturated heterocycles. The second kappa shape index (κ2) is 4.52. The summed E-state index contributed by atoms with van der Waals surface area (Å²) in [7, 11) is 1.71. The predicted octanol–water partition coefficient (Wildman–Crippen LogP) is 3.51. The Morgan fingerprint density at radius 3 is 2.88 bits per heavy atom. The molecule has 2 rings (SSSR count). The molecule has 0 radical (unpaired) electrons. The molecule has 0 unspecified atom stereocenters. The Balaban J connectivity index is 2.25. The minimum atomic E-state index is -0.327. The molecule has 86 valence electrons. The fourth-order valence-electron chi connectivity index (χ4n) is 1.66. The molecule has 0 spiro atoms. The van der Waals surface area contributed by atoms with Crippen molar-refractivity contribution < 1.29 is 9.53 Å². The lowest BCUT2D eigenvalue weighted by molar-refractivity contribution is 0.0325. The Labute approximate surface area is 104 Å². The number of carbonyl (C=O) groups is 1. The van der Waals surface area contributed by atoms with E-state index in [1.165, 1.54) is 4.90 Å². The number of nitrogens with zero attached hydrogens (tertiary/aromatic N) is 1. The van der Waals surface area contributed by atoms with Crippen molar-refractivity contribution in [2.45, 2.75) is 12.5 Å². The topological polar surface area (TPSA) is 29.5 Å². The smallest absolute Gasteiger partial charge is 0.410 e. The molecule has 0 aromatic heterocycles. The van der Waals surface area contributed by atoms with E-state index in [-0.39, 0.29) is 12.2 Å². The van der Waals surface area contributed by atoms with E-state index in [4.69, 9.17) is 27.9 Å². The van der Waals surface area contributed by atoms with Gasteiger partial charge < -0.3 is 9.64 Å². The molecule has 1 aliphatic heterocycles. The Morgan fingerprint density at radius 1 is 1.44 bits per heavy atom. The second-order valence-corrected chi connectivity index (χ2v) is 4.51. The predicted molar refractivity (Wildman–Crippen MR) is 62.9 cm³/mol. The van der Waals surface area contributed by atoms with Crippen molar-refractivity contribution >= 4 is 29.3 Å². The third kappa shape index (κ3) is 2.11. The van der Waals surface area contributed by atoms with Crippen molar-refractivity contribution in [3.63, 3.8) is 0 Å². The molecule has 0 N–H and O–H groups in total. The highest BCUT2D eigenvalue weighted by atomic mass is 35.5. The van der Waals surface area contributed by atoms with Crippen LogP contribution in [0.4, 0.5) is 4.79 Å². The van der Waals surface area contributed by atoms with Crippen LogP contribution in [0.25, 0.3) is 0 Å². The maximum atomic E-state index is 11.4.